The molecule has 3 nitrogen and oxygen atoms in total. The average Bonchev–Trinajstić information content (AvgIpc) is 3.02. The summed E-state index contributed by atoms with van der Waals surface area (Å²) in [4.78, 5) is 4.77. The Morgan fingerprint density at radius 3 is 1.27 bits per heavy atom. The van der Waals surface area contributed by atoms with Crippen LogP contribution in [-0.4, -0.2) is 41.1 Å². The Morgan fingerprint density at radius 1 is 0.500 bits per heavy atom. The van der Waals surface area contributed by atoms with Crippen LogP contribution < -0.4 is 0 Å². The Labute approximate surface area is 238 Å². The predicted octanol–water partition coefficient (Wildman–Crippen LogP) is 7.32. The van der Waals surface area contributed by atoms with Gasteiger partial charge in [-0.15, -0.1) is 0 Å². The summed E-state index contributed by atoms with van der Waals surface area (Å²) >= 11 is 0. The highest BCUT2D eigenvalue weighted by molar-refractivity contribution is 5.24. The second kappa shape index (κ2) is 13.4. The number of rotatable bonds is 6. The number of hydrogen-bond donors (Lipinski definition) is 1. The first-order valence-electron chi connectivity index (χ1n) is 14.6. The third kappa shape index (κ3) is 7.45. The summed E-state index contributed by atoms with van der Waals surface area (Å²) in [6, 6.07) is 40.6. The number of nitrogens with zero attached hydrogens (tertiary/aromatic N) is 2. The molecule has 2 aliphatic heterocycles. The molecule has 2 heterocycles. The first-order valence-corrected chi connectivity index (χ1v) is 14.6. The van der Waals surface area contributed by atoms with E-state index in [0.29, 0.717) is 12.8 Å². The van der Waals surface area contributed by atoms with Crippen LogP contribution in [-0.2, 0) is 24.4 Å². The van der Waals surface area contributed by atoms with E-state index >= 15 is 0 Å². The highest BCUT2D eigenvalue weighted by atomic mass is 19.1. The molecule has 2 fully saturated rings. The lowest BCUT2D eigenvalue weighted by atomic mass is 9.84. The summed E-state index contributed by atoms with van der Waals surface area (Å²) in [5.41, 5.74) is 2.75. The van der Waals surface area contributed by atoms with E-state index in [1.807, 2.05) is 72.8 Å². The summed E-state index contributed by atoms with van der Waals surface area (Å²) in [6.07, 6.45) is 2.79. The fourth-order valence-corrected chi connectivity index (χ4v) is 5.89. The lowest BCUT2D eigenvalue weighted by Crippen LogP contribution is -2.42. The van der Waals surface area contributed by atoms with Gasteiger partial charge in [0.2, 0.25) is 0 Å². The van der Waals surface area contributed by atoms with Crippen LogP contribution in [0.15, 0.2) is 121 Å². The van der Waals surface area contributed by atoms with Crippen LogP contribution in [0.2, 0.25) is 0 Å². The van der Waals surface area contributed by atoms with Crippen molar-refractivity contribution in [1.82, 2.24) is 9.80 Å². The Morgan fingerprint density at radius 2 is 0.850 bits per heavy atom. The minimum absolute atomic E-state index is 0.587. The SMILES string of the molecule is FC1(c2ccccc2)CCN(Cc2ccccc2)CC1.OC1(c2ccccc2)CCN(Cc2ccccc2)CC1. The van der Waals surface area contributed by atoms with Gasteiger partial charge in [-0.3, -0.25) is 9.80 Å². The van der Waals surface area contributed by atoms with E-state index in [1.54, 1.807) is 0 Å². The fraction of sp³-hybridized carbons (Fsp3) is 0.333. The van der Waals surface area contributed by atoms with Crippen LogP contribution in [0.5, 0.6) is 0 Å². The molecule has 2 saturated heterocycles. The maximum atomic E-state index is 15.0. The van der Waals surface area contributed by atoms with Gasteiger partial charge in [0.15, 0.2) is 0 Å². The molecule has 4 heteroatoms. The molecule has 4 aromatic carbocycles. The van der Waals surface area contributed by atoms with Crippen LogP contribution in [0.4, 0.5) is 4.39 Å². The van der Waals surface area contributed by atoms with Crippen molar-refractivity contribution in [2.75, 3.05) is 26.2 Å². The molecular weight excluding hydrogens is 495 g/mol. The van der Waals surface area contributed by atoms with E-state index in [2.05, 4.69) is 58.3 Å². The highest BCUT2D eigenvalue weighted by Gasteiger charge is 2.36. The van der Waals surface area contributed by atoms with Gasteiger partial charge in [0.05, 0.1) is 5.60 Å². The summed E-state index contributed by atoms with van der Waals surface area (Å²) in [7, 11) is 0. The van der Waals surface area contributed by atoms with Gasteiger partial charge in [0.1, 0.15) is 5.67 Å². The normalized spacial score (nSPS) is 18.9. The van der Waals surface area contributed by atoms with E-state index in [4.69, 9.17) is 0 Å². The van der Waals surface area contributed by atoms with Crippen LogP contribution in [0.3, 0.4) is 0 Å². The molecule has 0 aromatic heterocycles. The summed E-state index contributed by atoms with van der Waals surface area (Å²) in [5, 5.41) is 10.8. The number of halogens is 1. The second-order valence-corrected chi connectivity index (χ2v) is 11.3. The largest absolute Gasteiger partial charge is 0.385 e. The molecule has 0 bridgehead atoms. The third-order valence-corrected chi connectivity index (χ3v) is 8.43. The van der Waals surface area contributed by atoms with Gasteiger partial charge in [0.25, 0.3) is 0 Å². The van der Waals surface area contributed by atoms with E-state index in [-0.39, 0.29) is 0 Å². The van der Waals surface area contributed by atoms with Crippen molar-refractivity contribution in [3.8, 4) is 0 Å². The van der Waals surface area contributed by atoms with Crippen molar-refractivity contribution in [3.63, 3.8) is 0 Å². The van der Waals surface area contributed by atoms with Crippen molar-refractivity contribution in [2.45, 2.75) is 50.0 Å². The smallest absolute Gasteiger partial charge is 0.138 e. The maximum absolute atomic E-state index is 15.0. The molecule has 1 N–H and O–H groups in total. The quantitative estimate of drug-likeness (QED) is 0.280. The van der Waals surface area contributed by atoms with Crippen molar-refractivity contribution in [2.24, 2.45) is 0 Å². The van der Waals surface area contributed by atoms with Gasteiger partial charge >= 0.3 is 0 Å². The summed E-state index contributed by atoms with van der Waals surface area (Å²) in [5.74, 6) is 0. The standard InChI is InChI=1S/C18H20FN.C18H21NO/c19-18(17-9-5-2-6-10-17)11-13-20(14-12-18)15-16-7-3-1-4-8-16;20-18(17-9-5-2-6-10-17)11-13-19(14-12-18)15-16-7-3-1-4-8-16/h1-10H,11-15H2;1-10,20H,11-15H2. The molecule has 6 rings (SSSR count). The number of likely N-dealkylation sites (tertiary alicyclic amines) is 2. The van der Waals surface area contributed by atoms with Crippen LogP contribution in [0.1, 0.15) is 47.9 Å². The molecule has 0 atom stereocenters. The minimum Gasteiger partial charge on any atom is -0.385 e. The molecule has 208 valence electrons. The fourth-order valence-electron chi connectivity index (χ4n) is 5.89. The van der Waals surface area contributed by atoms with Gasteiger partial charge in [-0.1, -0.05) is 121 Å². The zero-order valence-corrected chi connectivity index (χ0v) is 23.3. The molecule has 2 aliphatic rings. The van der Waals surface area contributed by atoms with E-state index < -0.39 is 11.3 Å². The summed E-state index contributed by atoms with van der Waals surface area (Å²) < 4.78 is 15.0. The van der Waals surface area contributed by atoms with E-state index in [0.717, 1.165) is 63.2 Å². The number of piperidine rings is 2. The predicted molar refractivity (Wildman–Crippen MR) is 161 cm³/mol. The number of hydrogen-bond acceptors (Lipinski definition) is 3. The molecule has 4 aromatic rings. The molecule has 40 heavy (non-hydrogen) atoms. The first-order chi connectivity index (χ1) is 19.5. The van der Waals surface area contributed by atoms with E-state index in [1.165, 1.54) is 11.1 Å². The summed E-state index contributed by atoms with van der Waals surface area (Å²) in [6.45, 7) is 5.43. The molecule has 0 radical (unpaired) electrons. The molecular formula is C36H41FN2O. The number of benzene rings is 4. The van der Waals surface area contributed by atoms with Gasteiger partial charge in [-0.05, 0) is 47.9 Å². The van der Waals surface area contributed by atoms with Gasteiger partial charge < -0.3 is 5.11 Å². The number of aliphatic hydroxyl groups is 1. The second-order valence-electron chi connectivity index (χ2n) is 11.3. The first kappa shape index (κ1) is 28.2. The highest BCUT2D eigenvalue weighted by Crippen LogP contribution is 2.37. The monoisotopic (exact) mass is 536 g/mol. The van der Waals surface area contributed by atoms with Gasteiger partial charge in [-0.2, -0.15) is 0 Å². The van der Waals surface area contributed by atoms with Crippen molar-refractivity contribution >= 4 is 0 Å². The zero-order chi connectivity index (χ0) is 27.7. The van der Waals surface area contributed by atoms with Crippen LogP contribution in [0, 0.1) is 0 Å². The lowest BCUT2D eigenvalue weighted by Gasteiger charge is -2.38. The molecule has 0 aliphatic carbocycles. The zero-order valence-electron chi connectivity index (χ0n) is 23.3. The van der Waals surface area contributed by atoms with Crippen LogP contribution >= 0.6 is 0 Å². The third-order valence-electron chi connectivity index (χ3n) is 8.43. The molecule has 0 unspecified atom stereocenters. The van der Waals surface area contributed by atoms with Crippen molar-refractivity contribution in [1.29, 1.82) is 0 Å². The van der Waals surface area contributed by atoms with Gasteiger partial charge in [0, 0.05) is 39.3 Å². The van der Waals surface area contributed by atoms with Crippen molar-refractivity contribution in [3.05, 3.63) is 144 Å². The molecule has 0 saturated carbocycles. The Kier molecular flexibility index (Phi) is 9.43. The van der Waals surface area contributed by atoms with E-state index in [9.17, 15) is 9.50 Å². The topological polar surface area (TPSA) is 26.7 Å². The Balaban J connectivity index is 0.000000161. The maximum Gasteiger partial charge on any atom is 0.138 e. The van der Waals surface area contributed by atoms with Crippen LogP contribution in [0.25, 0.3) is 0 Å². The molecule has 0 spiro atoms. The Bertz CT molecular complexity index is 1160. The van der Waals surface area contributed by atoms with Gasteiger partial charge in [-0.25, -0.2) is 4.39 Å². The Hall–Kier alpha value is -3.31. The average molecular weight is 537 g/mol. The minimum atomic E-state index is -1.14. The van der Waals surface area contributed by atoms with Crippen molar-refractivity contribution < 1.29 is 9.50 Å². The molecule has 0 amide bonds. The lowest BCUT2D eigenvalue weighted by molar-refractivity contribution is -0.0277. The number of alkyl halides is 1.